The number of nitrogens with two attached hydrogens (primary N) is 1. The van der Waals surface area contributed by atoms with Gasteiger partial charge in [-0.25, -0.2) is 0 Å². The third-order valence-corrected chi connectivity index (χ3v) is 2.85. The minimum Gasteiger partial charge on any atom is -0.497 e. The number of hydrogen-bond acceptors (Lipinski definition) is 3. The highest BCUT2D eigenvalue weighted by Gasteiger charge is 2.19. The van der Waals surface area contributed by atoms with Crippen molar-refractivity contribution in [3.8, 4) is 5.75 Å². The number of halogens is 1. The summed E-state index contributed by atoms with van der Waals surface area (Å²) in [6.07, 6.45) is 0. The van der Waals surface area contributed by atoms with Crippen molar-refractivity contribution in [2.75, 3.05) is 7.11 Å². The quantitative estimate of drug-likeness (QED) is 0.873. The van der Waals surface area contributed by atoms with Gasteiger partial charge in [-0.15, -0.1) is 12.4 Å². The van der Waals surface area contributed by atoms with Crippen molar-refractivity contribution < 1.29 is 9.53 Å². The molecule has 108 valence electrons. The lowest BCUT2D eigenvalue weighted by Gasteiger charge is -2.24. The van der Waals surface area contributed by atoms with Crippen LogP contribution in [0.3, 0.4) is 0 Å². The summed E-state index contributed by atoms with van der Waals surface area (Å²) in [6.45, 7) is 5.81. The first-order valence-corrected chi connectivity index (χ1v) is 6.15. The Morgan fingerprint density at radius 1 is 1.21 bits per heavy atom. The number of benzene rings is 1. The maximum Gasteiger partial charge on any atom is 0.237 e. The number of carbonyl (C=O) groups is 1. The Balaban J connectivity index is 0.00000324. The van der Waals surface area contributed by atoms with E-state index in [4.69, 9.17) is 10.5 Å². The molecule has 0 aliphatic heterocycles. The molecule has 1 aromatic carbocycles. The smallest absolute Gasteiger partial charge is 0.237 e. The van der Waals surface area contributed by atoms with Gasteiger partial charge in [-0.2, -0.15) is 0 Å². The van der Waals surface area contributed by atoms with Crippen molar-refractivity contribution in [1.29, 1.82) is 0 Å². The summed E-state index contributed by atoms with van der Waals surface area (Å²) in [4.78, 5) is 11.7. The Hall–Kier alpha value is -1.26. The first-order valence-electron chi connectivity index (χ1n) is 6.15. The second-order valence-corrected chi connectivity index (χ2v) is 4.79. The number of carbonyl (C=O) groups excluding carboxylic acids is 1. The van der Waals surface area contributed by atoms with Crippen molar-refractivity contribution in [1.82, 2.24) is 5.32 Å². The van der Waals surface area contributed by atoms with Crippen molar-refractivity contribution >= 4 is 18.3 Å². The van der Waals surface area contributed by atoms with E-state index in [1.165, 1.54) is 0 Å². The van der Waals surface area contributed by atoms with Crippen LogP contribution in [-0.2, 0) is 4.79 Å². The van der Waals surface area contributed by atoms with Crippen LogP contribution in [0.2, 0.25) is 0 Å². The number of nitrogens with one attached hydrogen (secondary N) is 1. The summed E-state index contributed by atoms with van der Waals surface area (Å²) < 4.78 is 5.12. The molecule has 1 aromatic rings. The lowest BCUT2D eigenvalue weighted by atomic mass is 9.95. The van der Waals surface area contributed by atoms with Gasteiger partial charge in [-0.1, -0.05) is 26.0 Å². The lowest BCUT2D eigenvalue weighted by molar-refractivity contribution is -0.123. The predicted molar refractivity (Wildman–Crippen MR) is 79.6 cm³/mol. The third-order valence-electron chi connectivity index (χ3n) is 2.85. The van der Waals surface area contributed by atoms with Gasteiger partial charge in [0.05, 0.1) is 19.2 Å². The highest BCUT2D eigenvalue weighted by molar-refractivity contribution is 5.85. The molecule has 1 rings (SSSR count). The van der Waals surface area contributed by atoms with Gasteiger partial charge in [-0.3, -0.25) is 4.79 Å². The van der Waals surface area contributed by atoms with Gasteiger partial charge >= 0.3 is 0 Å². The van der Waals surface area contributed by atoms with Crippen LogP contribution in [0.25, 0.3) is 0 Å². The Morgan fingerprint density at radius 3 is 2.11 bits per heavy atom. The number of hydrogen-bond donors (Lipinski definition) is 2. The van der Waals surface area contributed by atoms with E-state index >= 15 is 0 Å². The van der Waals surface area contributed by atoms with Gasteiger partial charge in [0, 0.05) is 0 Å². The normalized spacial score (nSPS) is 13.4. The summed E-state index contributed by atoms with van der Waals surface area (Å²) in [5, 5.41) is 2.96. The lowest BCUT2D eigenvalue weighted by Crippen LogP contribution is -2.41. The molecule has 1 unspecified atom stereocenters. The molecule has 0 saturated carbocycles. The highest BCUT2D eigenvalue weighted by atomic mass is 35.5. The van der Waals surface area contributed by atoms with Crippen molar-refractivity contribution in [2.24, 2.45) is 11.7 Å². The maximum absolute atomic E-state index is 11.7. The fourth-order valence-corrected chi connectivity index (χ4v) is 1.73. The number of rotatable bonds is 5. The van der Waals surface area contributed by atoms with Gasteiger partial charge in [-0.05, 0) is 30.5 Å². The molecule has 0 heterocycles. The summed E-state index contributed by atoms with van der Waals surface area (Å²) in [7, 11) is 1.63. The Kier molecular flexibility index (Phi) is 7.49. The van der Waals surface area contributed by atoms with Crippen molar-refractivity contribution in [3.05, 3.63) is 29.8 Å². The Labute approximate surface area is 121 Å². The largest absolute Gasteiger partial charge is 0.497 e. The summed E-state index contributed by atoms with van der Waals surface area (Å²) in [5.74, 6) is 0.963. The zero-order valence-corrected chi connectivity index (χ0v) is 12.7. The Bertz CT molecular complexity index is 391. The van der Waals surface area contributed by atoms with E-state index in [2.05, 4.69) is 19.2 Å². The number of methoxy groups -OCH3 is 1. The molecule has 0 fully saturated rings. The molecule has 4 nitrogen and oxygen atoms in total. The molecule has 0 saturated heterocycles. The maximum atomic E-state index is 11.7. The van der Waals surface area contributed by atoms with Gasteiger partial charge < -0.3 is 15.8 Å². The van der Waals surface area contributed by atoms with Gasteiger partial charge in [0.25, 0.3) is 0 Å². The van der Waals surface area contributed by atoms with Crippen molar-refractivity contribution in [3.63, 3.8) is 0 Å². The van der Waals surface area contributed by atoms with Crippen molar-refractivity contribution in [2.45, 2.75) is 32.9 Å². The first-order chi connectivity index (χ1) is 8.45. The fraction of sp³-hybridized carbons (Fsp3) is 0.500. The second-order valence-electron chi connectivity index (χ2n) is 4.79. The van der Waals surface area contributed by atoms with E-state index in [0.717, 1.165) is 11.3 Å². The van der Waals surface area contributed by atoms with Gasteiger partial charge in [0.15, 0.2) is 0 Å². The molecule has 0 bridgehead atoms. The van der Waals surface area contributed by atoms with Crippen LogP contribution in [-0.4, -0.2) is 19.1 Å². The van der Waals surface area contributed by atoms with Crippen LogP contribution in [0, 0.1) is 5.92 Å². The standard InChI is InChI=1S/C14H22N2O2.ClH/c1-9(2)13(16-14(17)10(3)15)11-5-7-12(18-4)8-6-11;/h5-10,13H,15H2,1-4H3,(H,16,17);1H/t10-,13?;/m1./s1. The molecular formula is C14H23ClN2O2. The fourth-order valence-electron chi connectivity index (χ4n) is 1.73. The van der Waals surface area contributed by atoms with Crippen LogP contribution in [0.5, 0.6) is 5.75 Å². The molecule has 19 heavy (non-hydrogen) atoms. The van der Waals surface area contributed by atoms with Crippen LogP contribution < -0.4 is 15.8 Å². The number of amides is 1. The van der Waals surface area contributed by atoms with Crippen LogP contribution in [0.1, 0.15) is 32.4 Å². The first kappa shape index (κ1) is 17.7. The van der Waals surface area contributed by atoms with E-state index < -0.39 is 6.04 Å². The molecular weight excluding hydrogens is 264 g/mol. The average molecular weight is 287 g/mol. The summed E-state index contributed by atoms with van der Waals surface area (Å²) >= 11 is 0. The average Bonchev–Trinajstić information content (AvgIpc) is 2.35. The monoisotopic (exact) mass is 286 g/mol. The zero-order valence-electron chi connectivity index (χ0n) is 11.8. The molecule has 0 radical (unpaired) electrons. The van der Waals surface area contributed by atoms with E-state index in [9.17, 15) is 4.79 Å². The molecule has 0 aliphatic rings. The van der Waals surface area contributed by atoms with E-state index in [-0.39, 0.29) is 24.4 Å². The van der Waals surface area contributed by atoms with E-state index in [1.807, 2.05) is 24.3 Å². The molecule has 3 N–H and O–H groups in total. The summed E-state index contributed by atoms with van der Waals surface area (Å²) in [6, 6.07) is 7.18. The second kappa shape index (κ2) is 8.02. The summed E-state index contributed by atoms with van der Waals surface area (Å²) in [5.41, 5.74) is 6.63. The zero-order chi connectivity index (χ0) is 13.7. The third kappa shape index (κ3) is 5.09. The van der Waals surface area contributed by atoms with Crippen LogP contribution >= 0.6 is 12.4 Å². The highest BCUT2D eigenvalue weighted by Crippen LogP contribution is 2.23. The molecule has 0 spiro atoms. The van der Waals surface area contributed by atoms with Crippen LogP contribution in [0.15, 0.2) is 24.3 Å². The minimum atomic E-state index is -0.496. The Morgan fingerprint density at radius 2 is 1.74 bits per heavy atom. The molecule has 5 heteroatoms. The predicted octanol–water partition coefficient (Wildman–Crippen LogP) is 2.28. The SMILES string of the molecule is COc1ccc(C(NC(=O)[C@@H](C)N)C(C)C)cc1.Cl. The topological polar surface area (TPSA) is 64.3 Å². The number of ether oxygens (including phenoxy) is 1. The molecule has 1 amide bonds. The molecule has 2 atom stereocenters. The van der Waals surface area contributed by atoms with Crippen LogP contribution in [0.4, 0.5) is 0 Å². The molecule has 0 aliphatic carbocycles. The van der Waals surface area contributed by atoms with E-state index in [1.54, 1.807) is 14.0 Å². The van der Waals surface area contributed by atoms with Gasteiger partial charge in [0.2, 0.25) is 5.91 Å². The van der Waals surface area contributed by atoms with E-state index in [0.29, 0.717) is 5.92 Å². The van der Waals surface area contributed by atoms with Gasteiger partial charge in [0.1, 0.15) is 5.75 Å². The molecule has 0 aromatic heterocycles. The minimum absolute atomic E-state index is 0.